The summed E-state index contributed by atoms with van der Waals surface area (Å²) in [6.07, 6.45) is 3.40. The Morgan fingerprint density at radius 2 is 2.14 bits per heavy atom. The van der Waals surface area contributed by atoms with Gasteiger partial charge in [-0.25, -0.2) is 0 Å². The van der Waals surface area contributed by atoms with E-state index in [9.17, 15) is 4.79 Å². The van der Waals surface area contributed by atoms with Gasteiger partial charge in [0.15, 0.2) is 0 Å². The summed E-state index contributed by atoms with van der Waals surface area (Å²) in [5.41, 5.74) is 2.16. The number of hydrogen-bond acceptors (Lipinski definition) is 3. The first-order valence-corrected chi connectivity index (χ1v) is 7.86. The molecule has 110 valence electrons. The van der Waals surface area contributed by atoms with Gasteiger partial charge in [-0.2, -0.15) is 0 Å². The van der Waals surface area contributed by atoms with Crippen LogP contribution in [0.1, 0.15) is 24.3 Å². The predicted molar refractivity (Wildman–Crippen MR) is 90.4 cm³/mol. The van der Waals surface area contributed by atoms with Gasteiger partial charge < -0.3 is 10.6 Å². The first kappa shape index (κ1) is 15.3. The minimum Gasteiger partial charge on any atom is -0.383 e. The van der Waals surface area contributed by atoms with Crippen molar-refractivity contribution in [2.24, 2.45) is 0 Å². The second-order valence-electron chi connectivity index (χ2n) is 5.07. The maximum Gasteiger partial charge on any atom is 0.244 e. The average Bonchev–Trinajstić information content (AvgIpc) is 2.96. The van der Waals surface area contributed by atoms with E-state index in [0.717, 1.165) is 16.1 Å². The molecule has 1 aromatic heterocycles. The van der Waals surface area contributed by atoms with Gasteiger partial charge in [-0.05, 0) is 49.1 Å². The van der Waals surface area contributed by atoms with Gasteiger partial charge in [0.05, 0.1) is 0 Å². The molecule has 2 rings (SSSR count). The Hall–Kier alpha value is -2.07. The van der Waals surface area contributed by atoms with E-state index in [4.69, 9.17) is 0 Å². The lowest BCUT2D eigenvalue weighted by molar-refractivity contribution is -0.116. The van der Waals surface area contributed by atoms with Crippen molar-refractivity contribution in [3.05, 3.63) is 58.3 Å². The van der Waals surface area contributed by atoms with Crippen molar-refractivity contribution >= 4 is 29.0 Å². The van der Waals surface area contributed by atoms with Crippen LogP contribution < -0.4 is 10.6 Å². The summed E-state index contributed by atoms with van der Waals surface area (Å²) < 4.78 is 0. The summed E-state index contributed by atoms with van der Waals surface area (Å²) in [5.74, 6) is -0.0781. The van der Waals surface area contributed by atoms with Crippen molar-refractivity contribution in [2.75, 3.05) is 5.32 Å². The molecule has 0 saturated heterocycles. The SMILES string of the molecule is CC(C)Nc1cccc(CNC(=O)C=Cc2cccs2)c1. The molecule has 1 amide bonds. The Morgan fingerprint density at radius 1 is 1.29 bits per heavy atom. The van der Waals surface area contributed by atoms with Crippen molar-refractivity contribution in [3.8, 4) is 0 Å². The third kappa shape index (κ3) is 5.44. The lowest BCUT2D eigenvalue weighted by Gasteiger charge is -2.11. The van der Waals surface area contributed by atoms with E-state index in [1.165, 1.54) is 0 Å². The molecular formula is C17H20N2OS. The van der Waals surface area contributed by atoms with Crippen LogP contribution in [0.3, 0.4) is 0 Å². The molecule has 2 N–H and O–H groups in total. The first-order valence-electron chi connectivity index (χ1n) is 6.98. The number of carbonyl (C=O) groups is 1. The molecule has 4 heteroatoms. The lowest BCUT2D eigenvalue weighted by Crippen LogP contribution is -2.20. The monoisotopic (exact) mass is 300 g/mol. The number of carbonyl (C=O) groups excluding carboxylic acids is 1. The second kappa shape index (κ2) is 7.64. The highest BCUT2D eigenvalue weighted by Gasteiger charge is 2.00. The van der Waals surface area contributed by atoms with Gasteiger partial charge in [0.2, 0.25) is 5.91 Å². The van der Waals surface area contributed by atoms with E-state index in [1.54, 1.807) is 17.4 Å². The minimum absolute atomic E-state index is 0.0781. The van der Waals surface area contributed by atoms with Crippen LogP contribution in [0.25, 0.3) is 6.08 Å². The molecule has 21 heavy (non-hydrogen) atoms. The molecule has 2 aromatic rings. The van der Waals surface area contributed by atoms with Crippen molar-refractivity contribution in [2.45, 2.75) is 26.4 Å². The molecule has 0 radical (unpaired) electrons. The quantitative estimate of drug-likeness (QED) is 0.794. The third-order valence-corrected chi connectivity index (χ3v) is 3.63. The van der Waals surface area contributed by atoms with Gasteiger partial charge in [0.1, 0.15) is 0 Å². The Labute approximate surface area is 129 Å². The Morgan fingerprint density at radius 3 is 2.86 bits per heavy atom. The van der Waals surface area contributed by atoms with Crippen molar-refractivity contribution in [1.29, 1.82) is 0 Å². The molecule has 0 fully saturated rings. The summed E-state index contributed by atoms with van der Waals surface area (Å²) in [6.45, 7) is 4.73. The third-order valence-electron chi connectivity index (χ3n) is 2.79. The zero-order valence-corrected chi connectivity index (χ0v) is 13.1. The molecule has 0 aliphatic carbocycles. The van der Waals surface area contributed by atoms with Crippen LogP contribution >= 0.6 is 11.3 Å². The van der Waals surface area contributed by atoms with Gasteiger partial charge in [-0.15, -0.1) is 11.3 Å². The van der Waals surface area contributed by atoms with Gasteiger partial charge in [0.25, 0.3) is 0 Å². The molecule has 3 nitrogen and oxygen atoms in total. The van der Waals surface area contributed by atoms with Crippen molar-refractivity contribution < 1.29 is 4.79 Å². The van der Waals surface area contributed by atoms with E-state index in [2.05, 4.69) is 30.5 Å². The van der Waals surface area contributed by atoms with Gasteiger partial charge in [-0.1, -0.05) is 18.2 Å². The van der Waals surface area contributed by atoms with E-state index in [1.807, 2.05) is 41.8 Å². The fourth-order valence-corrected chi connectivity index (χ4v) is 2.51. The van der Waals surface area contributed by atoms with E-state index >= 15 is 0 Å². The molecule has 0 aliphatic heterocycles. The molecular weight excluding hydrogens is 280 g/mol. The summed E-state index contributed by atoms with van der Waals surface area (Å²) >= 11 is 1.61. The molecule has 0 bridgehead atoms. The highest BCUT2D eigenvalue weighted by Crippen LogP contribution is 2.12. The normalized spacial score (nSPS) is 11.0. The Balaban J connectivity index is 1.86. The van der Waals surface area contributed by atoms with Crippen LogP contribution in [0.2, 0.25) is 0 Å². The summed E-state index contributed by atoms with van der Waals surface area (Å²) in [7, 11) is 0. The van der Waals surface area contributed by atoms with Gasteiger partial charge in [-0.3, -0.25) is 4.79 Å². The molecule has 0 atom stereocenters. The summed E-state index contributed by atoms with van der Waals surface area (Å²) in [5, 5.41) is 8.24. The van der Waals surface area contributed by atoms with Crippen LogP contribution in [-0.2, 0) is 11.3 Å². The van der Waals surface area contributed by atoms with E-state index in [0.29, 0.717) is 12.6 Å². The fourth-order valence-electron chi connectivity index (χ4n) is 1.90. The van der Waals surface area contributed by atoms with E-state index < -0.39 is 0 Å². The number of rotatable bonds is 6. The second-order valence-corrected chi connectivity index (χ2v) is 6.05. The topological polar surface area (TPSA) is 41.1 Å². The largest absolute Gasteiger partial charge is 0.383 e. The maximum absolute atomic E-state index is 11.8. The van der Waals surface area contributed by atoms with Crippen LogP contribution in [0.15, 0.2) is 47.9 Å². The zero-order valence-electron chi connectivity index (χ0n) is 12.3. The highest BCUT2D eigenvalue weighted by atomic mass is 32.1. The predicted octanol–water partition coefficient (Wildman–Crippen LogP) is 3.90. The summed E-state index contributed by atoms with van der Waals surface area (Å²) in [6, 6.07) is 12.4. The maximum atomic E-state index is 11.8. The van der Waals surface area contributed by atoms with Crippen LogP contribution in [-0.4, -0.2) is 11.9 Å². The molecule has 0 aliphatic rings. The van der Waals surface area contributed by atoms with Crippen molar-refractivity contribution in [1.82, 2.24) is 5.32 Å². The molecule has 0 saturated carbocycles. The van der Waals surface area contributed by atoms with Gasteiger partial charge in [0, 0.05) is 29.2 Å². The number of amides is 1. The first-order chi connectivity index (χ1) is 10.1. The number of thiophene rings is 1. The smallest absolute Gasteiger partial charge is 0.244 e. The highest BCUT2D eigenvalue weighted by molar-refractivity contribution is 7.10. The average molecular weight is 300 g/mol. The molecule has 0 unspecified atom stereocenters. The fraction of sp³-hybridized carbons (Fsp3) is 0.235. The Bertz CT molecular complexity index is 603. The number of anilines is 1. The molecule has 1 aromatic carbocycles. The van der Waals surface area contributed by atoms with Gasteiger partial charge >= 0.3 is 0 Å². The number of benzene rings is 1. The van der Waals surface area contributed by atoms with E-state index in [-0.39, 0.29) is 5.91 Å². The zero-order chi connectivity index (χ0) is 15.1. The van der Waals surface area contributed by atoms with Crippen LogP contribution in [0.5, 0.6) is 0 Å². The van der Waals surface area contributed by atoms with Crippen LogP contribution in [0.4, 0.5) is 5.69 Å². The van der Waals surface area contributed by atoms with Crippen LogP contribution in [0, 0.1) is 0 Å². The minimum atomic E-state index is -0.0781. The Kier molecular flexibility index (Phi) is 5.58. The molecule has 1 heterocycles. The van der Waals surface area contributed by atoms with Crippen molar-refractivity contribution in [3.63, 3.8) is 0 Å². The molecule has 0 spiro atoms. The summed E-state index contributed by atoms with van der Waals surface area (Å²) in [4.78, 5) is 12.8. The number of hydrogen-bond donors (Lipinski definition) is 2. The lowest BCUT2D eigenvalue weighted by atomic mass is 10.2. The standard InChI is InChI=1S/C17H20N2OS/c1-13(2)19-15-6-3-5-14(11-15)12-18-17(20)9-8-16-7-4-10-21-16/h3-11,13,19H,12H2,1-2H3,(H,18,20). The number of nitrogens with one attached hydrogen (secondary N) is 2.